The summed E-state index contributed by atoms with van der Waals surface area (Å²) in [7, 11) is 0. The Kier molecular flexibility index (Phi) is 6.26. The lowest BCUT2D eigenvalue weighted by Gasteiger charge is -2.17. The second-order valence-corrected chi connectivity index (χ2v) is 6.68. The van der Waals surface area contributed by atoms with Gasteiger partial charge in [-0.1, -0.05) is 30.3 Å². The number of nitrogens with zero attached hydrogens (tertiary/aromatic N) is 1. The highest BCUT2D eigenvalue weighted by atomic mass is 16.4. The van der Waals surface area contributed by atoms with Crippen molar-refractivity contribution in [1.82, 2.24) is 5.32 Å². The molecular formula is C21H23N3O4. The monoisotopic (exact) mass is 381 g/mol. The van der Waals surface area contributed by atoms with E-state index in [4.69, 9.17) is 5.11 Å². The molecule has 7 nitrogen and oxygen atoms in total. The fraction of sp³-hybridized carbons (Fsp3) is 0.286. The average molecular weight is 381 g/mol. The molecule has 3 N–H and O–H groups in total. The van der Waals surface area contributed by atoms with Crippen LogP contribution in [0.2, 0.25) is 0 Å². The molecule has 2 aromatic rings. The predicted molar refractivity (Wildman–Crippen MR) is 107 cm³/mol. The lowest BCUT2D eigenvalue weighted by molar-refractivity contribution is -0.137. The molecule has 2 aromatic carbocycles. The molecule has 146 valence electrons. The molecule has 0 atom stereocenters. The van der Waals surface area contributed by atoms with Gasteiger partial charge in [-0.3, -0.25) is 9.59 Å². The van der Waals surface area contributed by atoms with Crippen molar-refractivity contribution in [3.8, 4) is 0 Å². The van der Waals surface area contributed by atoms with Gasteiger partial charge in [0.2, 0.25) is 5.91 Å². The minimum absolute atomic E-state index is 0.0184. The van der Waals surface area contributed by atoms with Gasteiger partial charge in [0.15, 0.2) is 0 Å². The maximum atomic E-state index is 12.6. The number of hydrogen-bond donors (Lipinski definition) is 3. The standard InChI is InChI=1S/C21H23N3O4/c25-19(24-13-11-16-4-1-2-5-18(16)24)14-15-7-9-17(10-8-15)23-21(28)22-12-3-6-20(26)27/h1-2,4-5,7-10H,3,6,11-14H2,(H,26,27)(H2,22,23,28). The summed E-state index contributed by atoms with van der Waals surface area (Å²) in [5, 5.41) is 13.9. The van der Waals surface area contributed by atoms with Crippen LogP contribution in [0.3, 0.4) is 0 Å². The van der Waals surface area contributed by atoms with E-state index in [2.05, 4.69) is 16.7 Å². The molecule has 0 aliphatic carbocycles. The Balaban J connectivity index is 1.49. The van der Waals surface area contributed by atoms with Crippen LogP contribution in [0.1, 0.15) is 24.0 Å². The molecule has 3 amide bonds. The molecule has 1 aliphatic rings. The number of fused-ring (bicyclic) bond motifs is 1. The van der Waals surface area contributed by atoms with E-state index in [0.717, 1.165) is 17.7 Å². The van der Waals surface area contributed by atoms with E-state index < -0.39 is 5.97 Å². The Bertz CT molecular complexity index is 864. The topological polar surface area (TPSA) is 98.7 Å². The SMILES string of the molecule is O=C(O)CCCNC(=O)Nc1ccc(CC(=O)N2CCc3ccccc32)cc1. The fourth-order valence-corrected chi connectivity index (χ4v) is 3.19. The summed E-state index contributed by atoms with van der Waals surface area (Å²) in [5.41, 5.74) is 3.68. The fourth-order valence-electron chi connectivity index (χ4n) is 3.19. The molecule has 0 saturated carbocycles. The Hall–Kier alpha value is -3.35. The van der Waals surface area contributed by atoms with Crippen LogP contribution in [0.5, 0.6) is 0 Å². The number of carbonyl (C=O) groups is 3. The lowest BCUT2D eigenvalue weighted by atomic mass is 10.1. The van der Waals surface area contributed by atoms with Crippen molar-refractivity contribution < 1.29 is 19.5 Å². The number of hydrogen-bond acceptors (Lipinski definition) is 3. The zero-order chi connectivity index (χ0) is 19.9. The summed E-state index contributed by atoms with van der Waals surface area (Å²) in [6.07, 6.45) is 1.58. The maximum absolute atomic E-state index is 12.6. The van der Waals surface area contributed by atoms with Gasteiger partial charge in [-0.2, -0.15) is 0 Å². The molecule has 1 heterocycles. The van der Waals surface area contributed by atoms with Gasteiger partial charge in [0, 0.05) is 30.9 Å². The van der Waals surface area contributed by atoms with Crippen molar-refractivity contribution in [2.24, 2.45) is 0 Å². The zero-order valence-electron chi connectivity index (χ0n) is 15.5. The number of aliphatic carboxylic acids is 1. The summed E-state index contributed by atoms with van der Waals surface area (Å²) < 4.78 is 0. The summed E-state index contributed by atoms with van der Waals surface area (Å²) in [5.74, 6) is -0.827. The molecule has 3 rings (SSSR count). The number of carboxylic acid groups (broad SMARTS) is 1. The summed E-state index contributed by atoms with van der Waals surface area (Å²) in [4.78, 5) is 36.7. The van der Waals surface area contributed by atoms with Gasteiger partial charge >= 0.3 is 12.0 Å². The van der Waals surface area contributed by atoms with E-state index in [1.165, 1.54) is 5.56 Å². The van der Waals surface area contributed by atoms with Crippen molar-refractivity contribution in [3.63, 3.8) is 0 Å². The smallest absolute Gasteiger partial charge is 0.319 e. The van der Waals surface area contributed by atoms with Gasteiger partial charge in [-0.15, -0.1) is 0 Å². The minimum Gasteiger partial charge on any atom is -0.481 e. The number of amides is 3. The number of carbonyl (C=O) groups excluding carboxylic acids is 2. The van der Waals surface area contributed by atoms with Gasteiger partial charge in [0.1, 0.15) is 0 Å². The second kappa shape index (κ2) is 9.03. The van der Waals surface area contributed by atoms with Crippen LogP contribution in [0.15, 0.2) is 48.5 Å². The second-order valence-electron chi connectivity index (χ2n) is 6.68. The van der Waals surface area contributed by atoms with Crippen molar-refractivity contribution >= 4 is 29.3 Å². The van der Waals surface area contributed by atoms with Crippen LogP contribution in [-0.2, 0) is 22.4 Å². The lowest BCUT2D eigenvalue weighted by Crippen LogP contribution is -2.30. The molecule has 1 aliphatic heterocycles. The molecule has 0 radical (unpaired) electrons. The first-order chi connectivity index (χ1) is 13.5. The van der Waals surface area contributed by atoms with Gasteiger partial charge in [-0.05, 0) is 42.2 Å². The van der Waals surface area contributed by atoms with E-state index in [1.54, 1.807) is 12.1 Å². The molecule has 0 bridgehead atoms. The highest BCUT2D eigenvalue weighted by Crippen LogP contribution is 2.28. The molecular weight excluding hydrogens is 358 g/mol. The number of nitrogens with one attached hydrogen (secondary N) is 2. The molecule has 0 fully saturated rings. The van der Waals surface area contributed by atoms with E-state index in [0.29, 0.717) is 31.6 Å². The van der Waals surface area contributed by atoms with Crippen LogP contribution in [-0.4, -0.2) is 36.1 Å². The third-order valence-corrected chi connectivity index (χ3v) is 4.61. The molecule has 0 saturated heterocycles. The Labute approximate surface area is 163 Å². The van der Waals surface area contributed by atoms with Crippen molar-refractivity contribution in [2.75, 3.05) is 23.3 Å². The summed E-state index contributed by atoms with van der Waals surface area (Å²) in [6, 6.07) is 14.7. The summed E-state index contributed by atoms with van der Waals surface area (Å²) >= 11 is 0. The number of anilines is 2. The van der Waals surface area contributed by atoms with Gasteiger partial charge < -0.3 is 20.6 Å². The van der Waals surface area contributed by atoms with Gasteiger partial charge in [0.25, 0.3) is 0 Å². The third kappa shape index (κ3) is 5.09. The Morgan fingerprint density at radius 1 is 1.04 bits per heavy atom. The van der Waals surface area contributed by atoms with Crippen LogP contribution < -0.4 is 15.5 Å². The Morgan fingerprint density at radius 3 is 2.54 bits per heavy atom. The maximum Gasteiger partial charge on any atom is 0.319 e. The molecule has 28 heavy (non-hydrogen) atoms. The molecule has 0 aromatic heterocycles. The Morgan fingerprint density at radius 2 is 1.79 bits per heavy atom. The third-order valence-electron chi connectivity index (χ3n) is 4.61. The first-order valence-corrected chi connectivity index (χ1v) is 9.27. The normalized spacial score (nSPS) is 12.4. The van der Waals surface area contributed by atoms with Gasteiger partial charge in [-0.25, -0.2) is 4.79 Å². The number of carboxylic acids is 1. The zero-order valence-corrected chi connectivity index (χ0v) is 15.5. The first kappa shape index (κ1) is 19.4. The van der Waals surface area contributed by atoms with E-state index in [9.17, 15) is 14.4 Å². The van der Waals surface area contributed by atoms with E-state index >= 15 is 0 Å². The summed E-state index contributed by atoms with van der Waals surface area (Å²) in [6.45, 7) is 1.00. The van der Waals surface area contributed by atoms with Crippen LogP contribution >= 0.6 is 0 Å². The number of benzene rings is 2. The van der Waals surface area contributed by atoms with Gasteiger partial charge in [0.05, 0.1) is 6.42 Å². The highest BCUT2D eigenvalue weighted by Gasteiger charge is 2.23. The molecule has 7 heteroatoms. The quantitative estimate of drug-likeness (QED) is 0.642. The highest BCUT2D eigenvalue weighted by molar-refractivity contribution is 5.96. The first-order valence-electron chi connectivity index (χ1n) is 9.27. The van der Waals surface area contributed by atoms with Crippen molar-refractivity contribution in [2.45, 2.75) is 25.7 Å². The largest absolute Gasteiger partial charge is 0.481 e. The van der Waals surface area contributed by atoms with Crippen molar-refractivity contribution in [3.05, 3.63) is 59.7 Å². The van der Waals surface area contributed by atoms with Crippen LogP contribution in [0, 0.1) is 0 Å². The van der Waals surface area contributed by atoms with E-state index in [-0.39, 0.29) is 18.4 Å². The van der Waals surface area contributed by atoms with Crippen molar-refractivity contribution in [1.29, 1.82) is 0 Å². The minimum atomic E-state index is -0.884. The van der Waals surface area contributed by atoms with Crippen LogP contribution in [0.4, 0.5) is 16.2 Å². The van der Waals surface area contributed by atoms with E-state index in [1.807, 2.05) is 35.2 Å². The number of urea groups is 1. The number of rotatable bonds is 7. The predicted octanol–water partition coefficient (Wildman–Crippen LogP) is 2.80. The number of para-hydroxylation sites is 1. The molecule has 0 unspecified atom stereocenters. The molecule has 0 spiro atoms. The van der Waals surface area contributed by atoms with Crippen LogP contribution in [0.25, 0.3) is 0 Å². The average Bonchev–Trinajstić information content (AvgIpc) is 3.11.